The standard InChI is InChI=1S/C24H29FN2O7S/c1-4-34-24(29)17-11-13-26(14-12-17)23(28)16-27(19-7-5-18(25)6-8-19)35(30,31)20-9-10-21(32-2)22(15-20)33-3/h5-10,15,17H,4,11-14,16H2,1-3H3. The lowest BCUT2D eigenvalue weighted by Gasteiger charge is -2.33. The van der Waals surface area contributed by atoms with Crippen molar-refractivity contribution in [2.45, 2.75) is 24.7 Å². The number of nitrogens with zero attached hydrogens (tertiary/aromatic N) is 2. The molecule has 0 aliphatic carbocycles. The van der Waals surface area contributed by atoms with Gasteiger partial charge in [-0.25, -0.2) is 12.8 Å². The molecule has 0 saturated carbocycles. The maximum Gasteiger partial charge on any atom is 0.309 e. The molecule has 0 atom stereocenters. The van der Waals surface area contributed by atoms with Gasteiger partial charge in [0.15, 0.2) is 11.5 Å². The van der Waals surface area contributed by atoms with Crippen LogP contribution in [0.5, 0.6) is 11.5 Å². The molecular formula is C24H29FN2O7S. The molecule has 1 heterocycles. The van der Waals surface area contributed by atoms with E-state index in [1.54, 1.807) is 6.92 Å². The van der Waals surface area contributed by atoms with Crippen LogP contribution in [-0.2, 0) is 24.3 Å². The quantitative estimate of drug-likeness (QED) is 0.480. The van der Waals surface area contributed by atoms with Crippen LogP contribution in [0.3, 0.4) is 0 Å². The second-order valence-electron chi connectivity index (χ2n) is 7.91. The Labute approximate surface area is 204 Å². The minimum atomic E-state index is -4.24. The molecule has 1 saturated heterocycles. The molecule has 0 spiro atoms. The van der Waals surface area contributed by atoms with Crippen LogP contribution in [0.4, 0.5) is 10.1 Å². The third-order valence-electron chi connectivity index (χ3n) is 5.80. The lowest BCUT2D eigenvalue weighted by atomic mass is 9.97. The predicted octanol–water partition coefficient (Wildman–Crippen LogP) is 2.84. The van der Waals surface area contributed by atoms with E-state index in [2.05, 4.69) is 0 Å². The molecule has 0 radical (unpaired) electrons. The van der Waals surface area contributed by atoms with E-state index in [4.69, 9.17) is 14.2 Å². The van der Waals surface area contributed by atoms with E-state index in [0.717, 1.165) is 16.4 Å². The van der Waals surface area contributed by atoms with Gasteiger partial charge in [0.1, 0.15) is 12.4 Å². The van der Waals surface area contributed by atoms with Gasteiger partial charge in [-0.2, -0.15) is 0 Å². The summed E-state index contributed by atoms with van der Waals surface area (Å²) < 4.78 is 57.2. The molecule has 0 bridgehead atoms. The third kappa shape index (κ3) is 6.02. The zero-order chi connectivity index (χ0) is 25.6. The molecule has 9 nitrogen and oxygen atoms in total. The first-order chi connectivity index (χ1) is 16.7. The summed E-state index contributed by atoms with van der Waals surface area (Å²) in [4.78, 5) is 26.5. The van der Waals surface area contributed by atoms with Crippen LogP contribution < -0.4 is 13.8 Å². The van der Waals surface area contributed by atoms with Crippen molar-refractivity contribution in [1.82, 2.24) is 4.90 Å². The molecule has 0 N–H and O–H groups in total. The van der Waals surface area contributed by atoms with Crippen molar-refractivity contribution in [2.24, 2.45) is 5.92 Å². The molecule has 11 heteroatoms. The number of ether oxygens (including phenoxy) is 3. The second-order valence-corrected chi connectivity index (χ2v) is 9.77. The average molecular weight is 509 g/mol. The van der Waals surface area contributed by atoms with Gasteiger partial charge >= 0.3 is 5.97 Å². The summed E-state index contributed by atoms with van der Waals surface area (Å²) in [5, 5.41) is 0. The largest absolute Gasteiger partial charge is 0.493 e. The molecule has 0 aromatic heterocycles. The summed E-state index contributed by atoms with van der Waals surface area (Å²) in [5.41, 5.74) is 0.135. The summed E-state index contributed by atoms with van der Waals surface area (Å²) in [6, 6.07) is 8.96. The molecule has 1 aliphatic heterocycles. The molecule has 2 aromatic carbocycles. The summed E-state index contributed by atoms with van der Waals surface area (Å²) in [7, 11) is -1.42. The number of likely N-dealkylation sites (tertiary alicyclic amines) is 1. The summed E-state index contributed by atoms with van der Waals surface area (Å²) in [5.74, 6) is -0.989. The molecule has 3 rings (SSSR count). The van der Waals surface area contributed by atoms with Crippen molar-refractivity contribution >= 4 is 27.6 Å². The van der Waals surface area contributed by atoms with Gasteiger partial charge in [0.2, 0.25) is 5.91 Å². The van der Waals surface area contributed by atoms with Crippen LogP contribution in [0.2, 0.25) is 0 Å². The Morgan fingerprint density at radius 1 is 1.03 bits per heavy atom. The van der Waals surface area contributed by atoms with Gasteiger partial charge in [-0.05, 0) is 56.2 Å². The van der Waals surface area contributed by atoms with Crippen LogP contribution in [0.1, 0.15) is 19.8 Å². The van der Waals surface area contributed by atoms with Gasteiger partial charge in [0.05, 0.1) is 37.3 Å². The van der Waals surface area contributed by atoms with E-state index in [9.17, 15) is 22.4 Å². The Morgan fingerprint density at radius 3 is 2.23 bits per heavy atom. The van der Waals surface area contributed by atoms with Crippen molar-refractivity contribution in [1.29, 1.82) is 0 Å². The maximum atomic E-state index is 13.6. The Balaban J connectivity index is 1.87. The highest BCUT2D eigenvalue weighted by Gasteiger charge is 2.33. The predicted molar refractivity (Wildman–Crippen MR) is 126 cm³/mol. The van der Waals surface area contributed by atoms with Gasteiger partial charge in [-0.3, -0.25) is 13.9 Å². The number of carbonyl (C=O) groups excluding carboxylic acids is 2. The van der Waals surface area contributed by atoms with E-state index in [1.807, 2.05) is 0 Å². The van der Waals surface area contributed by atoms with Gasteiger partial charge < -0.3 is 19.1 Å². The minimum absolute atomic E-state index is 0.117. The van der Waals surface area contributed by atoms with Crippen LogP contribution in [-0.4, -0.2) is 65.7 Å². The third-order valence-corrected chi connectivity index (χ3v) is 7.57. The number of esters is 1. The number of benzene rings is 2. The van der Waals surface area contributed by atoms with Gasteiger partial charge in [0, 0.05) is 19.2 Å². The average Bonchev–Trinajstić information content (AvgIpc) is 2.87. The summed E-state index contributed by atoms with van der Waals surface area (Å²) in [6.07, 6.45) is 0.868. The number of anilines is 1. The van der Waals surface area contributed by atoms with E-state index >= 15 is 0 Å². The van der Waals surface area contributed by atoms with Crippen LogP contribution in [0.25, 0.3) is 0 Å². The Kier molecular flexibility index (Phi) is 8.55. The summed E-state index contributed by atoms with van der Waals surface area (Å²) in [6.45, 7) is 2.14. The first-order valence-electron chi connectivity index (χ1n) is 11.2. The number of halogens is 1. The zero-order valence-corrected chi connectivity index (χ0v) is 20.7. The van der Waals surface area contributed by atoms with Gasteiger partial charge in [0.25, 0.3) is 10.0 Å². The normalized spacial score (nSPS) is 14.3. The zero-order valence-electron chi connectivity index (χ0n) is 19.9. The van der Waals surface area contributed by atoms with E-state index in [0.29, 0.717) is 38.3 Å². The number of rotatable bonds is 9. The fraction of sp³-hybridized carbons (Fsp3) is 0.417. The molecule has 35 heavy (non-hydrogen) atoms. The fourth-order valence-corrected chi connectivity index (χ4v) is 5.30. The molecular weight excluding hydrogens is 479 g/mol. The molecule has 190 valence electrons. The summed E-state index contributed by atoms with van der Waals surface area (Å²) >= 11 is 0. The highest BCUT2D eigenvalue weighted by atomic mass is 32.2. The van der Waals surface area contributed by atoms with Crippen LogP contribution in [0.15, 0.2) is 47.4 Å². The number of methoxy groups -OCH3 is 2. The fourth-order valence-electron chi connectivity index (χ4n) is 3.87. The molecule has 1 amide bonds. The Hall–Kier alpha value is -3.34. The topological polar surface area (TPSA) is 102 Å². The number of sulfonamides is 1. The lowest BCUT2D eigenvalue weighted by Crippen LogP contribution is -2.46. The van der Waals surface area contributed by atoms with Gasteiger partial charge in [-0.15, -0.1) is 0 Å². The van der Waals surface area contributed by atoms with Crippen molar-refractivity contribution < 1.29 is 36.6 Å². The van der Waals surface area contributed by atoms with E-state index in [-0.39, 0.29) is 28.2 Å². The number of amides is 1. The Bertz CT molecular complexity index is 1150. The van der Waals surface area contributed by atoms with Gasteiger partial charge in [-0.1, -0.05) is 0 Å². The van der Waals surface area contributed by atoms with Crippen molar-refractivity contribution in [3.63, 3.8) is 0 Å². The number of hydrogen-bond acceptors (Lipinski definition) is 7. The molecule has 0 unspecified atom stereocenters. The number of piperidine rings is 1. The maximum absolute atomic E-state index is 13.6. The smallest absolute Gasteiger partial charge is 0.309 e. The second kappa shape index (κ2) is 11.4. The molecule has 1 aliphatic rings. The minimum Gasteiger partial charge on any atom is -0.493 e. The van der Waals surface area contributed by atoms with Crippen LogP contribution in [0, 0.1) is 11.7 Å². The lowest BCUT2D eigenvalue weighted by molar-refractivity contribution is -0.151. The monoisotopic (exact) mass is 508 g/mol. The van der Waals surface area contributed by atoms with Crippen molar-refractivity contribution in [2.75, 3.05) is 44.8 Å². The first kappa shape index (κ1) is 26.3. The van der Waals surface area contributed by atoms with E-state index in [1.165, 1.54) is 49.5 Å². The van der Waals surface area contributed by atoms with Crippen molar-refractivity contribution in [3.8, 4) is 11.5 Å². The molecule has 2 aromatic rings. The van der Waals surface area contributed by atoms with E-state index < -0.39 is 28.3 Å². The SMILES string of the molecule is CCOC(=O)C1CCN(C(=O)CN(c2ccc(F)cc2)S(=O)(=O)c2ccc(OC)c(OC)c2)CC1. The number of carbonyl (C=O) groups is 2. The highest BCUT2D eigenvalue weighted by molar-refractivity contribution is 7.92. The first-order valence-corrected chi connectivity index (χ1v) is 12.6. The number of hydrogen-bond donors (Lipinski definition) is 0. The molecule has 1 fully saturated rings. The highest BCUT2D eigenvalue weighted by Crippen LogP contribution is 2.32. The van der Waals surface area contributed by atoms with Crippen molar-refractivity contribution in [3.05, 3.63) is 48.3 Å². The Morgan fingerprint density at radius 2 is 1.66 bits per heavy atom. The van der Waals surface area contributed by atoms with Crippen LogP contribution >= 0.6 is 0 Å².